The molecule has 1 heterocycles. The third-order valence-electron chi connectivity index (χ3n) is 4.86. The number of halogens is 1. The minimum Gasteiger partial charge on any atom is -0.330 e. The molecule has 0 radical (unpaired) electrons. The number of nitrogens with one attached hydrogen (secondary N) is 2. The van der Waals surface area contributed by atoms with Gasteiger partial charge in [-0.1, -0.05) is 25.5 Å². The number of benzene rings is 1. The molecular formula is C19H25ClN4O2. The van der Waals surface area contributed by atoms with E-state index < -0.39 is 0 Å². The molecule has 1 fully saturated rings. The van der Waals surface area contributed by atoms with E-state index in [1.54, 1.807) is 0 Å². The molecule has 4 N–H and O–H groups in total. The number of aryl methyl sites for hydroxylation is 1. The van der Waals surface area contributed by atoms with Crippen LogP contribution in [0.5, 0.6) is 0 Å². The van der Waals surface area contributed by atoms with E-state index in [1.165, 1.54) is 6.07 Å². The third-order valence-corrected chi connectivity index (χ3v) is 4.86. The van der Waals surface area contributed by atoms with Crippen molar-refractivity contribution in [3.05, 3.63) is 46.4 Å². The molecular weight excluding hydrogens is 352 g/mol. The normalized spacial score (nSPS) is 19.0. The Morgan fingerprint density at radius 2 is 2.15 bits per heavy atom. The Labute approximate surface area is 159 Å². The van der Waals surface area contributed by atoms with Gasteiger partial charge in [-0.3, -0.25) is 9.59 Å². The summed E-state index contributed by atoms with van der Waals surface area (Å²) in [6, 6.07) is 8.89. The Morgan fingerprint density at radius 3 is 2.88 bits per heavy atom. The Kier molecular flexibility index (Phi) is 6.94. The van der Waals surface area contributed by atoms with Gasteiger partial charge < -0.3 is 16.0 Å². The van der Waals surface area contributed by atoms with E-state index >= 15 is 0 Å². The van der Waals surface area contributed by atoms with Gasteiger partial charge in [0, 0.05) is 28.9 Å². The number of aromatic amines is 1. The zero-order valence-corrected chi connectivity index (χ0v) is 15.6. The lowest BCUT2D eigenvalue weighted by molar-refractivity contribution is -0.120. The van der Waals surface area contributed by atoms with Crippen LogP contribution in [0.3, 0.4) is 0 Å². The largest absolute Gasteiger partial charge is 0.330 e. The van der Waals surface area contributed by atoms with Gasteiger partial charge in [0.15, 0.2) is 0 Å². The molecule has 3 rings (SSSR count). The highest BCUT2D eigenvalue weighted by molar-refractivity contribution is 5.93. The molecule has 7 heteroatoms. The number of H-pyrrole nitrogens is 1. The maximum atomic E-state index is 12.5. The lowest BCUT2D eigenvalue weighted by Crippen LogP contribution is -2.29. The molecule has 2 atom stereocenters. The van der Waals surface area contributed by atoms with E-state index in [0.29, 0.717) is 24.5 Å². The summed E-state index contributed by atoms with van der Waals surface area (Å²) in [4.78, 5) is 31.5. The van der Waals surface area contributed by atoms with Gasteiger partial charge in [-0.25, -0.2) is 4.98 Å². The number of nitrogens with zero attached hydrogens (tertiary/aromatic N) is 1. The van der Waals surface area contributed by atoms with Crippen LogP contribution in [0.25, 0.3) is 11.4 Å². The molecule has 1 aliphatic carbocycles. The van der Waals surface area contributed by atoms with E-state index in [9.17, 15) is 9.59 Å². The second-order valence-electron chi connectivity index (χ2n) is 6.54. The van der Waals surface area contributed by atoms with Crippen LogP contribution in [-0.4, -0.2) is 22.4 Å². The zero-order valence-electron chi connectivity index (χ0n) is 14.8. The van der Waals surface area contributed by atoms with Gasteiger partial charge >= 0.3 is 0 Å². The van der Waals surface area contributed by atoms with Gasteiger partial charge in [0.05, 0.1) is 0 Å². The van der Waals surface area contributed by atoms with Gasteiger partial charge in [-0.15, -0.1) is 12.4 Å². The average molecular weight is 377 g/mol. The van der Waals surface area contributed by atoms with Crippen molar-refractivity contribution in [1.29, 1.82) is 0 Å². The number of anilines is 1. The molecule has 1 saturated carbocycles. The summed E-state index contributed by atoms with van der Waals surface area (Å²) in [7, 11) is 0. The molecule has 26 heavy (non-hydrogen) atoms. The predicted molar refractivity (Wildman–Crippen MR) is 105 cm³/mol. The standard InChI is InChI=1S/C19H24N4O2.ClH/c1-2-14-10-17(24)23-18(21-14)12-5-3-7-15(9-12)22-19(25)16-8-4-6-13(16)11-20;/h3,5,7,9-10,13,16H,2,4,6,8,11,20H2,1H3,(H,22,25)(H,21,23,24);1H/t13-,16-;/m1./s1. The highest BCUT2D eigenvalue weighted by Gasteiger charge is 2.31. The van der Waals surface area contributed by atoms with E-state index in [4.69, 9.17) is 5.73 Å². The summed E-state index contributed by atoms with van der Waals surface area (Å²) in [5.74, 6) is 0.785. The van der Waals surface area contributed by atoms with Gasteiger partial charge in [-0.2, -0.15) is 0 Å². The number of nitrogens with two attached hydrogens (primary N) is 1. The van der Waals surface area contributed by atoms with Crippen LogP contribution in [-0.2, 0) is 11.2 Å². The fourth-order valence-electron chi connectivity index (χ4n) is 3.47. The van der Waals surface area contributed by atoms with Crippen LogP contribution in [0.1, 0.15) is 31.9 Å². The molecule has 0 aliphatic heterocycles. The number of carbonyl (C=O) groups excluding carboxylic acids is 1. The van der Waals surface area contributed by atoms with Crippen LogP contribution in [0.15, 0.2) is 35.1 Å². The average Bonchev–Trinajstić information content (AvgIpc) is 3.10. The summed E-state index contributed by atoms with van der Waals surface area (Å²) in [5, 5.41) is 2.99. The van der Waals surface area contributed by atoms with Gasteiger partial charge in [0.2, 0.25) is 5.91 Å². The van der Waals surface area contributed by atoms with Crippen molar-refractivity contribution in [3.8, 4) is 11.4 Å². The molecule has 1 aromatic heterocycles. The Hall–Kier alpha value is -2.18. The maximum Gasteiger partial charge on any atom is 0.251 e. The quantitative estimate of drug-likeness (QED) is 0.746. The molecule has 140 valence electrons. The zero-order chi connectivity index (χ0) is 17.8. The van der Waals surface area contributed by atoms with Crippen molar-refractivity contribution >= 4 is 24.0 Å². The molecule has 0 saturated heterocycles. The molecule has 0 bridgehead atoms. The highest BCUT2D eigenvalue weighted by Crippen LogP contribution is 2.32. The Balaban J connectivity index is 0.00000243. The Bertz CT molecular complexity index is 821. The van der Waals surface area contributed by atoms with Crippen LogP contribution < -0.4 is 16.6 Å². The smallest absolute Gasteiger partial charge is 0.251 e. The monoisotopic (exact) mass is 376 g/mol. The number of hydrogen-bond donors (Lipinski definition) is 3. The Morgan fingerprint density at radius 1 is 1.35 bits per heavy atom. The van der Waals surface area contributed by atoms with Crippen molar-refractivity contribution in [2.24, 2.45) is 17.6 Å². The number of carbonyl (C=O) groups is 1. The molecule has 0 unspecified atom stereocenters. The fourth-order valence-corrected chi connectivity index (χ4v) is 3.47. The van der Waals surface area contributed by atoms with Crippen molar-refractivity contribution in [3.63, 3.8) is 0 Å². The molecule has 1 amide bonds. The number of amides is 1. The summed E-state index contributed by atoms with van der Waals surface area (Å²) in [6.45, 7) is 2.50. The second-order valence-corrected chi connectivity index (χ2v) is 6.54. The first kappa shape index (κ1) is 20.1. The van der Waals surface area contributed by atoms with E-state index in [1.807, 2.05) is 31.2 Å². The van der Waals surface area contributed by atoms with E-state index in [0.717, 1.165) is 30.5 Å². The molecule has 1 aliphatic rings. The molecule has 2 aromatic rings. The van der Waals surface area contributed by atoms with Crippen LogP contribution in [0, 0.1) is 11.8 Å². The number of aromatic nitrogens is 2. The van der Waals surface area contributed by atoms with Crippen LogP contribution >= 0.6 is 12.4 Å². The van der Waals surface area contributed by atoms with Crippen molar-refractivity contribution in [2.75, 3.05) is 11.9 Å². The van der Waals surface area contributed by atoms with Gasteiger partial charge in [-0.05, 0) is 43.9 Å². The number of rotatable bonds is 5. The maximum absolute atomic E-state index is 12.5. The lowest BCUT2D eigenvalue weighted by Gasteiger charge is -2.17. The predicted octanol–water partition coefficient (Wildman–Crippen LogP) is 2.73. The first-order valence-corrected chi connectivity index (χ1v) is 8.82. The van der Waals surface area contributed by atoms with Crippen LogP contribution in [0.4, 0.5) is 5.69 Å². The minimum atomic E-state index is -0.173. The summed E-state index contributed by atoms with van der Waals surface area (Å²) < 4.78 is 0. The van der Waals surface area contributed by atoms with Crippen LogP contribution in [0.2, 0.25) is 0 Å². The van der Waals surface area contributed by atoms with E-state index in [-0.39, 0.29) is 35.7 Å². The first-order valence-electron chi connectivity index (χ1n) is 8.82. The van der Waals surface area contributed by atoms with Gasteiger partial charge in [0.25, 0.3) is 5.56 Å². The van der Waals surface area contributed by atoms with Crippen molar-refractivity contribution in [1.82, 2.24) is 9.97 Å². The SMILES string of the molecule is CCc1cc(=O)[nH]c(-c2cccc(NC(=O)[C@@H]3CCC[C@@H]3CN)c2)n1.Cl. The molecule has 0 spiro atoms. The number of hydrogen-bond acceptors (Lipinski definition) is 4. The third kappa shape index (κ3) is 4.51. The second kappa shape index (κ2) is 8.96. The summed E-state index contributed by atoms with van der Waals surface area (Å²) >= 11 is 0. The summed E-state index contributed by atoms with van der Waals surface area (Å²) in [6.07, 6.45) is 3.65. The lowest BCUT2D eigenvalue weighted by atomic mass is 9.95. The topological polar surface area (TPSA) is 101 Å². The summed E-state index contributed by atoms with van der Waals surface area (Å²) in [5.41, 5.74) is 7.82. The molecule has 1 aromatic carbocycles. The highest BCUT2D eigenvalue weighted by atomic mass is 35.5. The van der Waals surface area contributed by atoms with E-state index in [2.05, 4.69) is 15.3 Å². The first-order chi connectivity index (χ1) is 12.1. The van der Waals surface area contributed by atoms with Crippen molar-refractivity contribution in [2.45, 2.75) is 32.6 Å². The van der Waals surface area contributed by atoms with Crippen molar-refractivity contribution < 1.29 is 4.79 Å². The molecule has 6 nitrogen and oxygen atoms in total. The van der Waals surface area contributed by atoms with Gasteiger partial charge in [0.1, 0.15) is 5.82 Å². The minimum absolute atomic E-state index is 0. The fraction of sp³-hybridized carbons (Fsp3) is 0.421.